The summed E-state index contributed by atoms with van der Waals surface area (Å²) in [6.07, 6.45) is 7.44. The maximum atomic E-state index is 11.7. The summed E-state index contributed by atoms with van der Waals surface area (Å²) in [4.78, 5) is 23.5. The number of rotatable bonds is 5. The van der Waals surface area contributed by atoms with Crippen LogP contribution in [0.5, 0.6) is 0 Å². The van der Waals surface area contributed by atoms with Crippen molar-refractivity contribution in [3.05, 3.63) is 35.4 Å². The smallest absolute Gasteiger partial charge is 0.309 e. The van der Waals surface area contributed by atoms with E-state index in [1.54, 1.807) is 0 Å². The van der Waals surface area contributed by atoms with Crippen LogP contribution in [0.2, 0.25) is 0 Å². The zero-order valence-corrected chi connectivity index (χ0v) is 13.4. The molecule has 0 aromatic heterocycles. The first-order chi connectivity index (χ1) is 10.6. The first kappa shape index (κ1) is 16.5. The van der Waals surface area contributed by atoms with E-state index in [0.29, 0.717) is 19.0 Å². The van der Waals surface area contributed by atoms with Crippen LogP contribution in [0.15, 0.2) is 24.3 Å². The second-order valence-corrected chi connectivity index (χ2v) is 6.22. The van der Waals surface area contributed by atoms with Gasteiger partial charge in [-0.25, -0.2) is 0 Å². The van der Waals surface area contributed by atoms with Crippen molar-refractivity contribution in [2.45, 2.75) is 52.0 Å². The molecule has 1 aliphatic carbocycles. The second kappa shape index (κ2) is 8.57. The van der Waals surface area contributed by atoms with Gasteiger partial charge in [0.15, 0.2) is 0 Å². The minimum atomic E-state index is -0.552. The van der Waals surface area contributed by atoms with E-state index in [1.165, 1.54) is 37.7 Å². The predicted molar refractivity (Wildman–Crippen MR) is 87.2 cm³/mol. The van der Waals surface area contributed by atoms with Gasteiger partial charge in [0.1, 0.15) is 0 Å². The van der Waals surface area contributed by atoms with Crippen molar-refractivity contribution in [1.82, 2.24) is 10.6 Å². The molecule has 4 heteroatoms. The highest BCUT2D eigenvalue weighted by Crippen LogP contribution is 2.25. The summed E-state index contributed by atoms with van der Waals surface area (Å²) in [6.45, 7) is 3.00. The Morgan fingerprint density at radius 1 is 1.00 bits per heavy atom. The summed E-state index contributed by atoms with van der Waals surface area (Å²) in [7, 11) is 0. The first-order valence-corrected chi connectivity index (χ1v) is 8.27. The molecule has 0 heterocycles. The maximum absolute atomic E-state index is 11.7. The highest BCUT2D eigenvalue weighted by molar-refractivity contribution is 6.35. The van der Waals surface area contributed by atoms with Gasteiger partial charge in [0.25, 0.3) is 0 Å². The van der Waals surface area contributed by atoms with E-state index in [0.717, 1.165) is 12.0 Å². The van der Waals surface area contributed by atoms with Crippen molar-refractivity contribution >= 4 is 11.8 Å². The van der Waals surface area contributed by atoms with E-state index >= 15 is 0 Å². The number of aryl methyl sites for hydroxylation is 1. The zero-order valence-electron chi connectivity index (χ0n) is 13.4. The van der Waals surface area contributed by atoms with Crippen molar-refractivity contribution in [2.75, 3.05) is 6.54 Å². The molecule has 1 aromatic rings. The Kier molecular flexibility index (Phi) is 6.44. The predicted octanol–water partition coefficient (Wildman–Crippen LogP) is 2.70. The van der Waals surface area contributed by atoms with Crippen LogP contribution in [-0.2, 0) is 16.1 Å². The number of carbonyl (C=O) groups excluding carboxylic acids is 2. The van der Waals surface area contributed by atoms with Crippen LogP contribution in [-0.4, -0.2) is 18.4 Å². The van der Waals surface area contributed by atoms with Crippen LogP contribution < -0.4 is 10.6 Å². The van der Waals surface area contributed by atoms with E-state index in [9.17, 15) is 9.59 Å². The summed E-state index contributed by atoms with van der Waals surface area (Å²) in [5, 5.41) is 5.38. The number of carbonyl (C=O) groups is 2. The number of benzene rings is 1. The highest BCUT2D eigenvalue weighted by Gasteiger charge is 2.15. The second-order valence-electron chi connectivity index (χ2n) is 6.22. The Morgan fingerprint density at radius 2 is 1.64 bits per heavy atom. The van der Waals surface area contributed by atoms with Gasteiger partial charge in [0.2, 0.25) is 0 Å². The van der Waals surface area contributed by atoms with Gasteiger partial charge >= 0.3 is 11.8 Å². The van der Waals surface area contributed by atoms with Crippen LogP contribution in [0.3, 0.4) is 0 Å². The van der Waals surface area contributed by atoms with Gasteiger partial charge in [-0.05, 0) is 24.8 Å². The Morgan fingerprint density at radius 3 is 2.32 bits per heavy atom. The molecule has 1 aliphatic rings. The van der Waals surface area contributed by atoms with E-state index in [4.69, 9.17) is 0 Å². The normalized spacial score (nSPS) is 15.3. The van der Waals surface area contributed by atoms with Gasteiger partial charge in [0.05, 0.1) is 0 Å². The SMILES string of the molecule is Cc1ccc(CNC(=O)C(=O)NCCC2CCCCC2)cc1. The lowest BCUT2D eigenvalue weighted by molar-refractivity contribution is -0.139. The molecule has 0 spiro atoms. The molecule has 120 valence electrons. The number of hydrogen-bond acceptors (Lipinski definition) is 2. The molecule has 0 aliphatic heterocycles. The van der Waals surface area contributed by atoms with Crippen LogP contribution in [0.1, 0.15) is 49.7 Å². The van der Waals surface area contributed by atoms with Crippen LogP contribution >= 0.6 is 0 Å². The molecule has 2 rings (SSSR count). The molecule has 1 saturated carbocycles. The number of nitrogens with one attached hydrogen (secondary N) is 2. The summed E-state index contributed by atoms with van der Waals surface area (Å²) in [5.74, 6) is -0.364. The van der Waals surface area contributed by atoms with Crippen LogP contribution in [0.25, 0.3) is 0 Å². The third-order valence-electron chi connectivity index (χ3n) is 4.34. The summed E-state index contributed by atoms with van der Waals surface area (Å²) in [6, 6.07) is 7.89. The van der Waals surface area contributed by atoms with Crippen LogP contribution in [0, 0.1) is 12.8 Å². The minimum absolute atomic E-state index is 0.384. The fraction of sp³-hybridized carbons (Fsp3) is 0.556. The van der Waals surface area contributed by atoms with E-state index in [1.807, 2.05) is 31.2 Å². The van der Waals surface area contributed by atoms with E-state index < -0.39 is 11.8 Å². The summed E-state index contributed by atoms with van der Waals surface area (Å²) >= 11 is 0. The van der Waals surface area contributed by atoms with Crippen molar-refractivity contribution in [3.63, 3.8) is 0 Å². The fourth-order valence-corrected chi connectivity index (χ4v) is 2.91. The summed E-state index contributed by atoms with van der Waals surface area (Å²) < 4.78 is 0. The molecule has 0 radical (unpaired) electrons. The summed E-state index contributed by atoms with van der Waals surface area (Å²) in [5.41, 5.74) is 2.17. The topological polar surface area (TPSA) is 58.2 Å². The molecular weight excluding hydrogens is 276 g/mol. The van der Waals surface area contributed by atoms with Gasteiger partial charge in [0, 0.05) is 13.1 Å². The van der Waals surface area contributed by atoms with E-state index in [-0.39, 0.29) is 0 Å². The molecule has 0 bridgehead atoms. The lowest BCUT2D eigenvalue weighted by Crippen LogP contribution is -2.40. The van der Waals surface area contributed by atoms with Crippen molar-refractivity contribution in [3.8, 4) is 0 Å². The first-order valence-electron chi connectivity index (χ1n) is 8.27. The Bertz CT molecular complexity index is 490. The lowest BCUT2D eigenvalue weighted by Gasteiger charge is -2.21. The third kappa shape index (κ3) is 5.51. The van der Waals surface area contributed by atoms with Gasteiger partial charge in [-0.2, -0.15) is 0 Å². The maximum Gasteiger partial charge on any atom is 0.309 e. The molecule has 2 amide bonds. The number of amides is 2. The largest absolute Gasteiger partial charge is 0.348 e. The van der Waals surface area contributed by atoms with Gasteiger partial charge in [-0.15, -0.1) is 0 Å². The van der Waals surface area contributed by atoms with Gasteiger partial charge in [-0.3, -0.25) is 9.59 Å². The highest BCUT2D eigenvalue weighted by atomic mass is 16.2. The number of hydrogen-bond donors (Lipinski definition) is 2. The molecule has 0 saturated heterocycles. The zero-order chi connectivity index (χ0) is 15.8. The molecule has 1 fully saturated rings. The lowest BCUT2D eigenvalue weighted by atomic mass is 9.87. The molecule has 0 unspecified atom stereocenters. The van der Waals surface area contributed by atoms with E-state index in [2.05, 4.69) is 10.6 Å². The van der Waals surface area contributed by atoms with Gasteiger partial charge < -0.3 is 10.6 Å². The molecule has 0 atom stereocenters. The fourth-order valence-electron chi connectivity index (χ4n) is 2.91. The van der Waals surface area contributed by atoms with Crippen LogP contribution in [0.4, 0.5) is 0 Å². The third-order valence-corrected chi connectivity index (χ3v) is 4.34. The average Bonchev–Trinajstić information content (AvgIpc) is 2.55. The molecule has 1 aromatic carbocycles. The molecule has 22 heavy (non-hydrogen) atoms. The van der Waals surface area contributed by atoms with Crippen molar-refractivity contribution < 1.29 is 9.59 Å². The molecular formula is C18H26N2O2. The van der Waals surface area contributed by atoms with Crippen molar-refractivity contribution in [1.29, 1.82) is 0 Å². The standard InChI is InChI=1S/C18H26N2O2/c1-14-7-9-16(10-8-14)13-20-18(22)17(21)19-12-11-15-5-3-2-4-6-15/h7-10,15H,2-6,11-13H2,1H3,(H,19,21)(H,20,22). The minimum Gasteiger partial charge on any atom is -0.348 e. The Labute approximate surface area is 132 Å². The Balaban J connectivity index is 1.63. The Hall–Kier alpha value is -1.84. The van der Waals surface area contributed by atoms with Crippen molar-refractivity contribution in [2.24, 2.45) is 5.92 Å². The average molecular weight is 302 g/mol. The quantitative estimate of drug-likeness (QED) is 0.822. The monoisotopic (exact) mass is 302 g/mol. The van der Waals surface area contributed by atoms with Gasteiger partial charge in [-0.1, -0.05) is 61.9 Å². The molecule has 4 nitrogen and oxygen atoms in total. The molecule has 2 N–H and O–H groups in total.